The van der Waals surface area contributed by atoms with Gasteiger partial charge in [0.05, 0.1) is 22.3 Å². The molecule has 1 saturated heterocycles. The molecule has 1 heterocycles. The lowest BCUT2D eigenvalue weighted by Gasteiger charge is -2.37. The van der Waals surface area contributed by atoms with Crippen molar-refractivity contribution < 1.29 is 27.1 Å². The van der Waals surface area contributed by atoms with E-state index in [0.717, 1.165) is 6.26 Å². The first kappa shape index (κ1) is 23.7. The quantitative estimate of drug-likeness (QED) is 0.613. The molecule has 0 aliphatic carbocycles. The molecule has 2 aromatic rings. The van der Waals surface area contributed by atoms with E-state index >= 15 is 0 Å². The van der Waals surface area contributed by atoms with E-state index in [0.29, 0.717) is 43.2 Å². The molecule has 0 spiro atoms. The van der Waals surface area contributed by atoms with Crippen molar-refractivity contribution in [3.05, 3.63) is 53.3 Å². The molecule has 1 fully saturated rings. The number of nitrogens with zero attached hydrogens (tertiary/aromatic N) is 2. The molecule has 2 aromatic carbocycles. The molecule has 1 aliphatic heterocycles. The molecular weight excluding hydrogens is 435 g/mol. The Labute approximate surface area is 187 Å². The van der Waals surface area contributed by atoms with Crippen molar-refractivity contribution in [3.8, 4) is 5.75 Å². The molecule has 7 nitrogen and oxygen atoms in total. The van der Waals surface area contributed by atoms with E-state index in [1.165, 1.54) is 43.3 Å². The summed E-state index contributed by atoms with van der Waals surface area (Å²) in [6, 6.07) is 8.34. The van der Waals surface area contributed by atoms with Gasteiger partial charge in [-0.3, -0.25) is 9.59 Å². The Hall–Kier alpha value is -2.94. The van der Waals surface area contributed by atoms with Crippen LogP contribution in [0.2, 0.25) is 0 Å². The molecule has 172 valence electrons. The molecular formula is C23H27FN2O5S. The van der Waals surface area contributed by atoms with Gasteiger partial charge < -0.3 is 14.5 Å². The fourth-order valence-corrected chi connectivity index (χ4v) is 4.30. The summed E-state index contributed by atoms with van der Waals surface area (Å²) in [6.07, 6.45) is 0.893. The number of sulfone groups is 1. The van der Waals surface area contributed by atoms with E-state index in [9.17, 15) is 22.4 Å². The van der Waals surface area contributed by atoms with Gasteiger partial charge in [-0.2, -0.15) is 0 Å². The Morgan fingerprint density at radius 2 is 1.66 bits per heavy atom. The third-order valence-corrected chi connectivity index (χ3v) is 6.33. The van der Waals surface area contributed by atoms with Crippen molar-refractivity contribution in [2.75, 3.05) is 37.3 Å². The van der Waals surface area contributed by atoms with Gasteiger partial charge in [0.15, 0.2) is 15.6 Å². The smallest absolute Gasteiger partial charge is 0.257 e. The second kappa shape index (κ2) is 9.28. The van der Waals surface area contributed by atoms with Crippen LogP contribution in [0.25, 0.3) is 0 Å². The fourth-order valence-electron chi connectivity index (χ4n) is 3.65. The summed E-state index contributed by atoms with van der Waals surface area (Å²) in [5, 5.41) is 0. The number of hydrogen-bond acceptors (Lipinski definition) is 6. The van der Waals surface area contributed by atoms with Crippen molar-refractivity contribution in [2.24, 2.45) is 0 Å². The highest BCUT2D eigenvalue weighted by molar-refractivity contribution is 7.90. The Morgan fingerprint density at radius 1 is 1.00 bits per heavy atom. The van der Waals surface area contributed by atoms with Gasteiger partial charge in [0.1, 0.15) is 11.6 Å². The number of amides is 1. The van der Waals surface area contributed by atoms with Gasteiger partial charge in [-0.1, -0.05) is 0 Å². The van der Waals surface area contributed by atoms with Gasteiger partial charge in [0.2, 0.25) is 0 Å². The number of ether oxygens (including phenoxy) is 1. The molecule has 3 rings (SSSR count). The number of Topliss-reactive ketones (excluding diaryl/α,β-unsaturated/α-hetero) is 1. The summed E-state index contributed by atoms with van der Waals surface area (Å²) >= 11 is 0. The Kier molecular flexibility index (Phi) is 6.88. The lowest BCUT2D eigenvalue weighted by molar-refractivity contribution is 0.0739. The highest BCUT2D eigenvalue weighted by Crippen LogP contribution is 2.28. The minimum Gasteiger partial charge on any atom is -0.490 e. The molecule has 0 saturated carbocycles. The Morgan fingerprint density at radius 3 is 2.22 bits per heavy atom. The molecule has 9 heteroatoms. The standard InChI is InChI=1S/C23H27FN2O5S/c1-15(2)31-22-8-6-18(32(4,29)30)14-20(22)23(28)26-11-9-25(10-12-26)21-13-17(24)5-7-19(21)16(3)27/h5-8,13-15H,9-12H2,1-4H3. The van der Waals surface area contributed by atoms with E-state index in [-0.39, 0.29) is 28.3 Å². The number of benzene rings is 2. The average Bonchev–Trinajstić information content (AvgIpc) is 2.72. The summed E-state index contributed by atoms with van der Waals surface area (Å²) in [4.78, 5) is 28.7. The van der Waals surface area contributed by atoms with Crippen LogP contribution in [-0.4, -0.2) is 63.5 Å². The van der Waals surface area contributed by atoms with Crippen LogP contribution in [-0.2, 0) is 9.84 Å². The van der Waals surface area contributed by atoms with Gasteiger partial charge in [0, 0.05) is 38.0 Å². The second-order valence-corrected chi connectivity index (χ2v) is 10.1. The third-order valence-electron chi connectivity index (χ3n) is 5.22. The first-order valence-corrected chi connectivity index (χ1v) is 12.2. The minimum absolute atomic E-state index is 0.0430. The number of hydrogen-bond donors (Lipinski definition) is 0. The van der Waals surface area contributed by atoms with Crippen molar-refractivity contribution >= 4 is 27.2 Å². The molecule has 0 radical (unpaired) electrons. The zero-order valence-corrected chi connectivity index (χ0v) is 19.4. The summed E-state index contributed by atoms with van der Waals surface area (Å²) in [5.41, 5.74) is 1.12. The largest absolute Gasteiger partial charge is 0.490 e. The molecule has 0 bridgehead atoms. The number of ketones is 1. The van der Waals surface area contributed by atoms with Crippen LogP contribution in [0.4, 0.5) is 10.1 Å². The highest BCUT2D eigenvalue weighted by atomic mass is 32.2. The first-order chi connectivity index (χ1) is 15.0. The van der Waals surface area contributed by atoms with Crippen LogP contribution in [0, 0.1) is 5.82 Å². The van der Waals surface area contributed by atoms with Crippen LogP contribution in [0.1, 0.15) is 41.5 Å². The minimum atomic E-state index is -3.50. The lowest BCUT2D eigenvalue weighted by atomic mass is 10.1. The predicted molar refractivity (Wildman–Crippen MR) is 120 cm³/mol. The Bertz CT molecular complexity index is 1140. The molecule has 32 heavy (non-hydrogen) atoms. The number of halogens is 1. The lowest BCUT2D eigenvalue weighted by Crippen LogP contribution is -2.49. The van der Waals surface area contributed by atoms with Gasteiger partial charge in [0.25, 0.3) is 5.91 Å². The van der Waals surface area contributed by atoms with Crippen molar-refractivity contribution in [1.29, 1.82) is 0 Å². The second-order valence-electron chi connectivity index (χ2n) is 8.09. The topological polar surface area (TPSA) is 84.0 Å². The van der Waals surface area contributed by atoms with Crippen molar-refractivity contribution in [1.82, 2.24) is 4.90 Å². The number of piperazine rings is 1. The summed E-state index contributed by atoms with van der Waals surface area (Å²) in [5.74, 6) is -0.608. The van der Waals surface area contributed by atoms with Gasteiger partial charge in [-0.25, -0.2) is 12.8 Å². The zero-order valence-electron chi connectivity index (χ0n) is 18.6. The predicted octanol–water partition coefficient (Wildman–Crippen LogP) is 3.18. The maximum atomic E-state index is 13.8. The summed E-state index contributed by atoms with van der Waals surface area (Å²) in [7, 11) is -3.50. The molecule has 1 amide bonds. The van der Waals surface area contributed by atoms with E-state index in [2.05, 4.69) is 0 Å². The van der Waals surface area contributed by atoms with Gasteiger partial charge in [-0.05, 0) is 57.2 Å². The molecule has 0 unspecified atom stereocenters. The average molecular weight is 463 g/mol. The number of rotatable bonds is 6. The van der Waals surface area contributed by atoms with Crippen LogP contribution >= 0.6 is 0 Å². The van der Waals surface area contributed by atoms with E-state index < -0.39 is 15.7 Å². The first-order valence-electron chi connectivity index (χ1n) is 10.3. The van der Waals surface area contributed by atoms with Crippen LogP contribution in [0.3, 0.4) is 0 Å². The summed E-state index contributed by atoms with van der Waals surface area (Å²) in [6.45, 7) is 6.55. The SMILES string of the molecule is CC(=O)c1ccc(F)cc1N1CCN(C(=O)c2cc(S(C)(=O)=O)ccc2OC(C)C)CC1. The molecule has 0 N–H and O–H groups in total. The van der Waals surface area contributed by atoms with E-state index in [1.807, 2.05) is 18.7 Å². The molecule has 1 aliphatic rings. The van der Waals surface area contributed by atoms with Crippen LogP contribution < -0.4 is 9.64 Å². The van der Waals surface area contributed by atoms with E-state index in [4.69, 9.17) is 4.74 Å². The van der Waals surface area contributed by atoms with Crippen molar-refractivity contribution in [2.45, 2.75) is 31.8 Å². The van der Waals surface area contributed by atoms with Crippen LogP contribution in [0.5, 0.6) is 5.75 Å². The van der Waals surface area contributed by atoms with E-state index in [1.54, 1.807) is 4.90 Å². The van der Waals surface area contributed by atoms with Gasteiger partial charge in [-0.15, -0.1) is 0 Å². The van der Waals surface area contributed by atoms with Crippen LogP contribution in [0.15, 0.2) is 41.3 Å². The maximum absolute atomic E-state index is 13.8. The monoisotopic (exact) mass is 462 g/mol. The zero-order chi connectivity index (χ0) is 23.6. The number of carbonyl (C=O) groups excluding carboxylic acids is 2. The van der Waals surface area contributed by atoms with Gasteiger partial charge >= 0.3 is 0 Å². The number of anilines is 1. The fraction of sp³-hybridized carbons (Fsp3) is 0.391. The highest BCUT2D eigenvalue weighted by Gasteiger charge is 2.27. The normalized spacial score (nSPS) is 14.6. The third kappa shape index (κ3) is 5.27. The summed E-state index contributed by atoms with van der Waals surface area (Å²) < 4.78 is 43.6. The molecule has 0 atom stereocenters. The Balaban J connectivity index is 1.84. The maximum Gasteiger partial charge on any atom is 0.257 e. The van der Waals surface area contributed by atoms with Crippen molar-refractivity contribution in [3.63, 3.8) is 0 Å². The molecule has 0 aromatic heterocycles. The number of carbonyl (C=O) groups is 2.